The number of aryl methyl sites for hydroxylation is 1. The monoisotopic (exact) mass is 247 g/mol. The van der Waals surface area contributed by atoms with Gasteiger partial charge in [-0.1, -0.05) is 13.3 Å². The first-order chi connectivity index (χ1) is 8.60. The normalized spacial score (nSPS) is 12.6. The number of nitrogens with two attached hydrogens (primary N) is 2. The van der Waals surface area contributed by atoms with Crippen LogP contribution in [-0.4, -0.2) is 24.5 Å². The molecule has 2 aromatic rings. The van der Waals surface area contributed by atoms with E-state index < -0.39 is 0 Å². The standard InChI is InChI=1S/C11H17N7/c1-3-4-8(18-5-7(2)14-6-18)9-15-10(12)17-11(13)16-9/h5-6,8H,3-4H2,1-2H3,(H4,12,13,15,16,17). The molecule has 0 saturated carbocycles. The summed E-state index contributed by atoms with van der Waals surface area (Å²) in [5.41, 5.74) is 12.2. The summed E-state index contributed by atoms with van der Waals surface area (Å²) >= 11 is 0. The molecule has 96 valence electrons. The highest BCUT2D eigenvalue weighted by molar-refractivity contribution is 5.27. The van der Waals surface area contributed by atoms with E-state index in [1.165, 1.54) is 0 Å². The minimum Gasteiger partial charge on any atom is -0.368 e. The third kappa shape index (κ3) is 2.55. The van der Waals surface area contributed by atoms with Gasteiger partial charge >= 0.3 is 0 Å². The average Bonchev–Trinajstić information content (AvgIpc) is 2.71. The van der Waals surface area contributed by atoms with Crippen molar-refractivity contribution in [2.45, 2.75) is 32.7 Å². The molecule has 0 aliphatic carbocycles. The molecule has 0 saturated heterocycles. The molecule has 1 atom stereocenters. The maximum absolute atomic E-state index is 5.61. The minimum absolute atomic E-state index is 0.0104. The summed E-state index contributed by atoms with van der Waals surface area (Å²) in [7, 11) is 0. The van der Waals surface area contributed by atoms with Crippen LogP contribution >= 0.6 is 0 Å². The largest absolute Gasteiger partial charge is 0.368 e. The Balaban J connectivity index is 2.40. The van der Waals surface area contributed by atoms with Crippen molar-refractivity contribution in [3.05, 3.63) is 24.0 Å². The Labute approximate surface area is 105 Å². The summed E-state index contributed by atoms with van der Waals surface area (Å²) in [5.74, 6) is 0.880. The molecule has 7 heteroatoms. The molecular formula is C11H17N7. The van der Waals surface area contributed by atoms with Gasteiger partial charge < -0.3 is 16.0 Å². The van der Waals surface area contributed by atoms with Crippen molar-refractivity contribution in [2.75, 3.05) is 11.5 Å². The van der Waals surface area contributed by atoms with Gasteiger partial charge in [-0.3, -0.25) is 0 Å². The number of aromatic nitrogens is 5. The van der Waals surface area contributed by atoms with Crippen LogP contribution in [-0.2, 0) is 0 Å². The van der Waals surface area contributed by atoms with E-state index in [0.717, 1.165) is 18.5 Å². The van der Waals surface area contributed by atoms with Gasteiger partial charge in [-0.2, -0.15) is 15.0 Å². The first-order valence-electron chi connectivity index (χ1n) is 5.87. The predicted molar refractivity (Wildman–Crippen MR) is 68.7 cm³/mol. The highest BCUT2D eigenvalue weighted by Gasteiger charge is 2.17. The van der Waals surface area contributed by atoms with Crippen LogP contribution in [0.2, 0.25) is 0 Å². The van der Waals surface area contributed by atoms with E-state index in [9.17, 15) is 0 Å². The molecule has 0 aliphatic heterocycles. The highest BCUT2D eigenvalue weighted by atomic mass is 15.2. The van der Waals surface area contributed by atoms with E-state index >= 15 is 0 Å². The molecule has 1 unspecified atom stereocenters. The summed E-state index contributed by atoms with van der Waals surface area (Å²) in [6.45, 7) is 4.04. The Morgan fingerprint density at radius 2 is 1.89 bits per heavy atom. The van der Waals surface area contributed by atoms with Crippen molar-refractivity contribution in [1.82, 2.24) is 24.5 Å². The van der Waals surface area contributed by atoms with E-state index in [1.807, 2.05) is 17.7 Å². The van der Waals surface area contributed by atoms with Gasteiger partial charge in [0.1, 0.15) is 0 Å². The summed E-state index contributed by atoms with van der Waals surface area (Å²) in [6.07, 6.45) is 5.61. The van der Waals surface area contributed by atoms with Crippen LogP contribution in [0.4, 0.5) is 11.9 Å². The molecule has 7 nitrogen and oxygen atoms in total. The molecule has 2 aromatic heterocycles. The van der Waals surface area contributed by atoms with Crippen molar-refractivity contribution >= 4 is 11.9 Å². The topological polar surface area (TPSA) is 109 Å². The zero-order valence-electron chi connectivity index (χ0n) is 10.5. The molecule has 2 rings (SSSR count). The Kier molecular flexibility index (Phi) is 3.40. The molecule has 0 spiro atoms. The van der Waals surface area contributed by atoms with Gasteiger partial charge in [0.15, 0.2) is 5.82 Å². The summed E-state index contributed by atoms with van der Waals surface area (Å²) in [4.78, 5) is 16.3. The van der Waals surface area contributed by atoms with Gasteiger partial charge in [-0.05, 0) is 13.3 Å². The van der Waals surface area contributed by atoms with Gasteiger partial charge in [-0.25, -0.2) is 4.98 Å². The second kappa shape index (κ2) is 4.99. The third-order valence-electron chi connectivity index (χ3n) is 2.64. The predicted octanol–water partition coefficient (Wildman–Crippen LogP) is 0.930. The van der Waals surface area contributed by atoms with Crippen molar-refractivity contribution in [3.8, 4) is 0 Å². The van der Waals surface area contributed by atoms with E-state index in [0.29, 0.717) is 5.82 Å². The molecule has 4 N–H and O–H groups in total. The van der Waals surface area contributed by atoms with Gasteiger partial charge in [0, 0.05) is 6.20 Å². The fourth-order valence-corrected chi connectivity index (χ4v) is 1.87. The van der Waals surface area contributed by atoms with Crippen LogP contribution < -0.4 is 11.5 Å². The number of imidazole rings is 1. The smallest absolute Gasteiger partial charge is 0.225 e. The van der Waals surface area contributed by atoms with Gasteiger partial charge in [0.2, 0.25) is 11.9 Å². The number of nitrogen functional groups attached to an aromatic ring is 2. The lowest BCUT2D eigenvalue weighted by Crippen LogP contribution is -2.16. The first kappa shape index (κ1) is 12.3. The van der Waals surface area contributed by atoms with Crippen LogP contribution in [0.5, 0.6) is 0 Å². The zero-order valence-corrected chi connectivity index (χ0v) is 10.5. The van der Waals surface area contributed by atoms with Crippen molar-refractivity contribution in [3.63, 3.8) is 0 Å². The molecule has 0 aliphatic rings. The summed E-state index contributed by atoms with van der Waals surface area (Å²) in [6, 6.07) is -0.0104. The lowest BCUT2D eigenvalue weighted by Gasteiger charge is -2.16. The van der Waals surface area contributed by atoms with Gasteiger partial charge in [0.25, 0.3) is 0 Å². The Morgan fingerprint density at radius 1 is 1.22 bits per heavy atom. The summed E-state index contributed by atoms with van der Waals surface area (Å²) in [5, 5.41) is 0. The van der Waals surface area contributed by atoms with Gasteiger partial charge in [-0.15, -0.1) is 0 Å². The van der Waals surface area contributed by atoms with Crippen LogP contribution in [0.3, 0.4) is 0 Å². The van der Waals surface area contributed by atoms with E-state index in [2.05, 4.69) is 26.9 Å². The first-order valence-corrected chi connectivity index (χ1v) is 5.87. The maximum Gasteiger partial charge on any atom is 0.225 e. The van der Waals surface area contributed by atoms with E-state index in [4.69, 9.17) is 11.5 Å². The molecule has 0 radical (unpaired) electrons. The summed E-state index contributed by atoms with van der Waals surface area (Å²) < 4.78 is 1.98. The lowest BCUT2D eigenvalue weighted by atomic mass is 10.1. The molecule has 2 heterocycles. The quantitative estimate of drug-likeness (QED) is 0.831. The van der Waals surface area contributed by atoms with E-state index in [1.54, 1.807) is 6.33 Å². The zero-order chi connectivity index (χ0) is 13.1. The number of hydrogen-bond acceptors (Lipinski definition) is 6. The Bertz CT molecular complexity index is 514. The molecule has 18 heavy (non-hydrogen) atoms. The molecule has 0 fully saturated rings. The second-order valence-electron chi connectivity index (χ2n) is 4.18. The van der Waals surface area contributed by atoms with Crippen LogP contribution in [0.1, 0.15) is 37.3 Å². The number of nitrogens with zero attached hydrogens (tertiary/aromatic N) is 5. The van der Waals surface area contributed by atoms with E-state index in [-0.39, 0.29) is 17.9 Å². The number of anilines is 2. The molecule has 0 amide bonds. The molecular weight excluding hydrogens is 230 g/mol. The Hall–Kier alpha value is -2.18. The van der Waals surface area contributed by atoms with Crippen LogP contribution in [0.15, 0.2) is 12.5 Å². The Morgan fingerprint density at radius 3 is 2.39 bits per heavy atom. The minimum atomic E-state index is -0.0104. The molecule has 0 aromatic carbocycles. The number of hydrogen-bond donors (Lipinski definition) is 2. The fraction of sp³-hybridized carbons (Fsp3) is 0.455. The fourth-order valence-electron chi connectivity index (χ4n) is 1.87. The number of rotatable bonds is 4. The van der Waals surface area contributed by atoms with Crippen LogP contribution in [0, 0.1) is 6.92 Å². The molecule has 0 bridgehead atoms. The average molecular weight is 247 g/mol. The SMILES string of the molecule is CCCC(c1nc(N)nc(N)n1)n1cnc(C)c1. The maximum atomic E-state index is 5.61. The lowest BCUT2D eigenvalue weighted by molar-refractivity contribution is 0.505. The van der Waals surface area contributed by atoms with Crippen LogP contribution in [0.25, 0.3) is 0 Å². The van der Waals surface area contributed by atoms with Crippen molar-refractivity contribution < 1.29 is 0 Å². The second-order valence-corrected chi connectivity index (χ2v) is 4.18. The van der Waals surface area contributed by atoms with Crippen molar-refractivity contribution in [2.24, 2.45) is 0 Å². The third-order valence-corrected chi connectivity index (χ3v) is 2.64. The van der Waals surface area contributed by atoms with Gasteiger partial charge in [0.05, 0.1) is 18.1 Å². The highest BCUT2D eigenvalue weighted by Crippen LogP contribution is 2.21. The van der Waals surface area contributed by atoms with Crippen molar-refractivity contribution in [1.29, 1.82) is 0 Å².